The van der Waals surface area contributed by atoms with Gasteiger partial charge in [0.05, 0.1) is 95.1 Å². The van der Waals surface area contributed by atoms with Gasteiger partial charge in [0, 0.05) is 0 Å². The van der Waals surface area contributed by atoms with E-state index < -0.39 is 58.6 Å². The Morgan fingerprint density at radius 1 is 0.299 bits per heavy atom. The fourth-order valence-electron chi connectivity index (χ4n) is 16.6. The van der Waals surface area contributed by atoms with Crippen LogP contribution in [-0.4, -0.2) is 205 Å². The van der Waals surface area contributed by atoms with Gasteiger partial charge in [0.25, 0.3) is 22.6 Å². The van der Waals surface area contributed by atoms with Gasteiger partial charge in [-0.15, -0.1) is 28.4 Å². The number of carbonyl (C=O) groups excluding carboxylic acids is 3. The molecule has 0 aliphatic carbocycles. The van der Waals surface area contributed by atoms with E-state index in [2.05, 4.69) is 80.9 Å². The van der Waals surface area contributed by atoms with Gasteiger partial charge < -0.3 is 72.9 Å². The molecule has 0 saturated heterocycles. The van der Waals surface area contributed by atoms with Crippen molar-refractivity contribution >= 4 is 153 Å². The van der Waals surface area contributed by atoms with E-state index in [1.807, 2.05) is 34.5 Å². The number of aromatic nitrogens is 12. The minimum Gasteiger partial charge on any atom is -0.462 e. The predicted octanol–water partition coefficient (Wildman–Crippen LogP) is 24.8. The first-order chi connectivity index (χ1) is 70.6. The molecular weight excluding hydrogens is 2040 g/mol. The maximum atomic E-state index is 13.9. The number of unbranched alkanes of at least 4 members (excludes halogenated alkanes) is 42. The zero-order valence-electron chi connectivity index (χ0n) is 92.7. The number of rotatable bonds is 90. The van der Waals surface area contributed by atoms with Gasteiger partial charge in [-0.2, -0.15) is 0 Å². The lowest BCUT2D eigenvalue weighted by molar-refractivity contribution is -0.149. The highest BCUT2D eigenvalue weighted by atomic mass is 32.8. The minimum atomic E-state index is -3.55. The Kier molecular flexibility index (Phi) is 75.2. The lowest BCUT2D eigenvalue weighted by atomic mass is 10.0. The van der Waals surface area contributed by atoms with Gasteiger partial charge in [-0.25, -0.2) is 60.1 Å². The second kappa shape index (κ2) is 82.1. The average molecular weight is 2240 g/mol. The second-order valence-corrected chi connectivity index (χ2v) is 56.0. The number of fused-ring (bicyclic) bond motifs is 3. The summed E-state index contributed by atoms with van der Waals surface area (Å²) < 4.78 is 98.7. The summed E-state index contributed by atoms with van der Waals surface area (Å²) in [7, 11) is -10.8. The Morgan fingerprint density at radius 3 is 0.687 bits per heavy atom. The van der Waals surface area contributed by atoms with Crippen molar-refractivity contribution in [3.8, 4) is 0 Å². The van der Waals surface area contributed by atoms with Crippen molar-refractivity contribution in [2.75, 3.05) is 90.6 Å². The molecule has 6 aromatic heterocycles. The summed E-state index contributed by atoms with van der Waals surface area (Å²) in [5.41, 5.74) is 21.0. The zero-order valence-corrected chi connectivity index (χ0v) is 100. The van der Waals surface area contributed by atoms with E-state index in [9.17, 15) is 28.1 Å². The number of nitrogens with two attached hydrogens (primary N) is 3. The first-order valence-electron chi connectivity index (χ1n) is 55.9. The van der Waals surface area contributed by atoms with E-state index >= 15 is 0 Å². The summed E-state index contributed by atoms with van der Waals surface area (Å²) in [4.78, 5) is 75.0. The normalized spacial score (nSPS) is 15.0. The highest BCUT2D eigenvalue weighted by molar-refractivity contribution is 8.29. The number of esters is 3. The highest BCUT2D eigenvalue weighted by Crippen LogP contribution is 2.46. The van der Waals surface area contributed by atoms with Crippen LogP contribution in [0.2, 0.25) is 0 Å². The summed E-state index contributed by atoms with van der Waals surface area (Å²) >= 11 is 17.3. The Balaban J connectivity index is 0.000000459. The van der Waals surface area contributed by atoms with E-state index in [4.69, 9.17) is 92.8 Å². The maximum Gasteiger partial charge on any atom is 0.323 e. The first-order valence-corrected chi connectivity index (χ1v) is 68.8. The highest BCUT2D eigenvalue weighted by Gasteiger charge is 2.35. The van der Waals surface area contributed by atoms with Crippen LogP contribution in [0.5, 0.6) is 0 Å². The molecule has 0 spiro atoms. The third kappa shape index (κ3) is 63.3. The molecule has 0 aliphatic rings. The summed E-state index contributed by atoms with van der Waals surface area (Å²) in [5.74, 6) is 5.62. The Bertz CT molecular complexity index is 4250. The molecule has 0 amide bonds. The van der Waals surface area contributed by atoms with Crippen LogP contribution in [0.1, 0.15) is 412 Å². The van der Waals surface area contributed by atoms with Crippen molar-refractivity contribution in [1.82, 2.24) is 73.8 Å². The number of imidazole rings is 3. The van der Waals surface area contributed by atoms with Gasteiger partial charge in [0.2, 0.25) is 0 Å². The first kappa shape index (κ1) is 135. The molecule has 6 aromatic rings. The standard InChI is InChI=1S/3C35H65N6O5PS2/c3*1-6-7-8-9-10-11-12-13-14-15-16-17-18-20-23-49(48)24-21-19-22-45-47(43,40-31(5)35(42)46-29(2)3)28-44-30(4)25-41-27-39-32-33(36)37-26-38-34(32)41/h3*26-27,29-31H,6-25,28H2,1-5H3,(H,40,43)(H2,36,37,38)/t30-,31+,47?,49?;30-,31+,47+,49?;30-,31+,47-,49?/m111/s1. The van der Waals surface area contributed by atoms with Gasteiger partial charge in [-0.1, -0.05) is 305 Å². The van der Waals surface area contributed by atoms with E-state index in [-0.39, 0.29) is 104 Å². The topological polar surface area (TPSA) is 430 Å². The van der Waals surface area contributed by atoms with Crippen molar-refractivity contribution in [2.24, 2.45) is 0 Å². The molecule has 0 bridgehead atoms. The number of hydrogen-bond donors (Lipinski definition) is 6. The van der Waals surface area contributed by atoms with E-state index in [1.165, 1.54) is 289 Å². The van der Waals surface area contributed by atoms with Crippen molar-refractivity contribution in [1.29, 1.82) is 0 Å². The van der Waals surface area contributed by atoms with Crippen LogP contribution in [0.3, 0.4) is 0 Å². The fraction of sp³-hybridized carbons (Fsp3) is 0.829. The van der Waals surface area contributed by atoms with Crippen molar-refractivity contribution in [2.45, 2.75) is 486 Å². The molecule has 147 heavy (non-hydrogen) atoms. The molecule has 4 unspecified atom stereocenters. The Labute approximate surface area is 905 Å². The van der Waals surface area contributed by atoms with Crippen LogP contribution >= 0.6 is 22.6 Å². The summed E-state index contributed by atoms with van der Waals surface area (Å²) in [6.07, 6.45) is 68.5. The summed E-state index contributed by atoms with van der Waals surface area (Å²) in [6, 6.07) is -2.48. The lowest BCUT2D eigenvalue weighted by Crippen LogP contribution is -2.36. The van der Waals surface area contributed by atoms with Gasteiger partial charge in [-0.3, -0.25) is 28.1 Å². The number of hydrogen-bond acceptors (Lipinski definition) is 30. The molecule has 9 N–H and O–H groups in total. The molecule has 846 valence electrons. The maximum absolute atomic E-state index is 13.9. The predicted molar refractivity (Wildman–Crippen MR) is 620 cm³/mol. The third-order valence-electron chi connectivity index (χ3n) is 24.9. The monoisotopic (exact) mass is 2230 g/mol. The van der Waals surface area contributed by atoms with Gasteiger partial charge >= 0.3 is 17.9 Å². The third-order valence-corrected chi connectivity index (χ3v) is 38.0. The molecule has 0 fully saturated rings. The second-order valence-electron chi connectivity index (χ2n) is 40.3. The SMILES string of the molecule is CCCCCCCCCCCCCCCCS(=S)CCCCOP(=O)(CO[C@H](C)Cn1cnc2c(N)ncnc21)N[C@@H](C)C(=O)OC(C)C.CCCCCCCCCCCCCCCCS(=S)CCCCO[P@@](=O)(CO[C@H](C)Cn1cnc2c(N)ncnc21)N[C@@H](C)C(=O)OC(C)C.CCCCCCCCCCCCCCCCS(=S)CCCCO[P@](=O)(CO[C@H](C)Cn1cnc2c(N)ncnc21)N[C@@H](C)C(=O)OC(C)C. The molecular formula is C105H195N18O15P3S6. The van der Waals surface area contributed by atoms with Crippen LogP contribution in [-0.2, 0) is 152 Å². The van der Waals surface area contributed by atoms with Crippen LogP contribution in [0.15, 0.2) is 38.0 Å². The number of nitrogen functional groups attached to an aromatic ring is 3. The van der Waals surface area contributed by atoms with Crippen LogP contribution in [0.4, 0.5) is 17.5 Å². The molecule has 0 aromatic carbocycles. The fourth-order valence-corrected chi connectivity index (χ4v) is 27.8. The van der Waals surface area contributed by atoms with Crippen LogP contribution in [0.25, 0.3) is 33.5 Å². The molecule has 6 heterocycles. The van der Waals surface area contributed by atoms with Gasteiger partial charge in [0.15, 0.2) is 34.4 Å². The number of carbonyl (C=O) groups is 3. The summed E-state index contributed by atoms with van der Waals surface area (Å²) in [5, 5.41) is 8.63. The van der Waals surface area contributed by atoms with Crippen molar-refractivity contribution < 1.29 is 70.1 Å². The molecule has 33 nitrogen and oxygen atoms in total. The zero-order chi connectivity index (χ0) is 108. The molecule has 0 radical (unpaired) electrons. The number of ether oxygens (including phenoxy) is 6. The number of nitrogens with one attached hydrogen (secondary N) is 3. The number of nitrogens with zero attached hydrogens (tertiary/aromatic N) is 12. The smallest absolute Gasteiger partial charge is 0.323 e. The van der Waals surface area contributed by atoms with Crippen molar-refractivity contribution in [3.05, 3.63) is 38.0 Å². The lowest BCUT2D eigenvalue weighted by Gasteiger charge is -2.25. The van der Waals surface area contributed by atoms with Crippen LogP contribution < -0.4 is 32.5 Å². The van der Waals surface area contributed by atoms with E-state index in [0.29, 0.717) is 70.6 Å². The van der Waals surface area contributed by atoms with Crippen molar-refractivity contribution in [3.63, 3.8) is 0 Å². The largest absolute Gasteiger partial charge is 0.462 e. The molecule has 6 rings (SSSR count). The Morgan fingerprint density at radius 2 is 0.490 bits per heavy atom. The molecule has 12 atom stereocenters. The Hall–Kier alpha value is -4.50. The van der Waals surface area contributed by atoms with Gasteiger partial charge in [0.1, 0.15) is 72.7 Å². The van der Waals surface area contributed by atoms with E-state index in [0.717, 1.165) is 73.0 Å². The molecule has 0 aliphatic heterocycles. The average Bonchev–Trinajstić information content (AvgIpc) is 1.72. The van der Waals surface area contributed by atoms with Gasteiger partial charge in [-0.05, 0) is 175 Å². The molecule has 42 heteroatoms. The number of anilines is 3. The van der Waals surface area contributed by atoms with E-state index in [1.54, 1.807) is 81.3 Å². The quantitative estimate of drug-likeness (QED) is 0.00894. The summed E-state index contributed by atoms with van der Waals surface area (Å²) in [6.45, 7) is 29.9. The minimum absolute atomic E-state index is 0.0364. The molecule has 0 saturated carbocycles. The van der Waals surface area contributed by atoms with Crippen LogP contribution in [0, 0.1) is 0 Å².